The first kappa shape index (κ1) is 20.8. The third kappa shape index (κ3) is 4.23. The van der Waals surface area contributed by atoms with E-state index in [4.69, 9.17) is 4.74 Å². The van der Waals surface area contributed by atoms with Gasteiger partial charge in [-0.1, -0.05) is 24.3 Å². The van der Waals surface area contributed by atoms with Crippen molar-refractivity contribution in [2.75, 3.05) is 21.2 Å². The summed E-state index contributed by atoms with van der Waals surface area (Å²) >= 11 is 0. The van der Waals surface area contributed by atoms with Crippen LogP contribution in [0.4, 0.5) is 0 Å². The normalized spacial score (nSPS) is 11.6. The summed E-state index contributed by atoms with van der Waals surface area (Å²) in [5.41, 5.74) is 2.59. The van der Waals surface area contributed by atoms with E-state index in [1.165, 1.54) is 26.2 Å². The molecular formula is C21H23N3O4S. The predicted molar refractivity (Wildman–Crippen MR) is 112 cm³/mol. The molecule has 0 unspecified atom stereocenters. The van der Waals surface area contributed by atoms with Gasteiger partial charge in [-0.15, -0.1) is 0 Å². The number of rotatable bonds is 6. The lowest BCUT2D eigenvalue weighted by Crippen LogP contribution is -2.24. The lowest BCUT2D eigenvalue weighted by molar-refractivity contribution is 0.0950. The number of aryl methyl sites for hydroxylation is 1. The monoisotopic (exact) mass is 413 g/mol. The lowest BCUT2D eigenvalue weighted by Gasteiger charge is -2.12. The number of hydrogen-bond donors (Lipinski definition) is 1. The molecule has 0 saturated heterocycles. The molecule has 1 aromatic heterocycles. The van der Waals surface area contributed by atoms with Crippen molar-refractivity contribution >= 4 is 26.8 Å². The number of carbonyl (C=O) groups excluding carboxylic acids is 1. The molecule has 2 aromatic carbocycles. The van der Waals surface area contributed by atoms with Crippen LogP contribution in [0.1, 0.15) is 21.6 Å². The largest absolute Gasteiger partial charge is 0.494 e. The van der Waals surface area contributed by atoms with Gasteiger partial charge in [0.25, 0.3) is 5.91 Å². The molecule has 0 aliphatic carbocycles. The van der Waals surface area contributed by atoms with Crippen LogP contribution < -0.4 is 10.1 Å². The van der Waals surface area contributed by atoms with Gasteiger partial charge in [0, 0.05) is 26.0 Å². The quantitative estimate of drug-likeness (QED) is 0.671. The number of nitrogens with zero attached hydrogens (tertiary/aromatic N) is 2. The van der Waals surface area contributed by atoms with Crippen molar-refractivity contribution in [2.45, 2.75) is 18.4 Å². The van der Waals surface area contributed by atoms with E-state index >= 15 is 0 Å². The van der Waals surface area contributed by atoms with Crippen molar-refractivity contribution < 1.29 is 17.9 Å². The van der Waals surface area contributed by atoms with Gasteiger partial charge in [-0.05, 0) is 36.8 Å². The highest BCUT2D eigenvalue weighted by Crippen LogP contribution is 2.25. The molecule has 1 heterocycles. The maximum atomic E-state index is 12.7. The van der Waals surface area contributed by atoms with E-state index in [0.29, 0.717) is 22.5 Å². The molecule has 3 rings (SSSR count). The molecule has 29 heavy (non-hydrogen) atoms. The van der Waals surface area contributed by atoms with E-state index < -0.39 is 10.0 Å². The molecular weight excluding hydrogens is 390 g/mol. The zero-order valence-corrected chi connectivity index (χ0v) is 17.6. The molecule has 152 valence electrons. The summed E-state index contributed by atoms with van der Waals surface area (Å²) in [6.45, 7) is 2.05. The maximum Gasteiger partial charge on any atom is 0.253 e. The maximum absolute atomic E-state index is 12.7. The highest BCUT2D eigenvalue weighted by atomic mass is 32.2. The van der Waals surface area contributed by atoms with E-state index in [-0.39, 0.29) is 17.3 Å². The molecule has 3 aromatic rings. The van der Waals surface area contributed by atoms with E-state index in [2.05, 4.69) is 10.3 Å². The van der Waals surface area contributed by atoms with Gasteiger partial charge in [-0.25, -0.2) is 17.7 Å². The molecule has 7 nitrogen and oxygen atoms in total. The topological polar surface area (TPSA) is 88.6 Å². The minimum Gasteiger partial charge on any atom is -0.494 e. The summed E-state index contributed by atoms with van der Waals surface area (Å²) in [6, 6.07) is 13.8. The second-order valence-corrected chi connectivity index (χ2v) is 8.92. The fraction of sp³-hybridized carbons (Fsp3) is 0.238. The minimum atomic E-state index is -3.47. The second kappa shape index (κ2) is 8.18. The Morgan fingerprint density at radius 2 is 1.83 bits per heavy atom. The minimum absolute atomic E-state index is 0.209. The molecule has 1 amide bonds. The zero-order valence-electron chi connectivity index (χ0n) is 16.8. The van der Waals surface area contributed by atoms with Crippen molar-refractivity contribution in [1.29, 1.82) is 0 Å². The average Bonchev–Trinajstić information content (AvgIpc) is 2.71. The van der Waals surface area contributed by atoms with Crippen LogP contribution in [-0.2, 0) is 16.6 Å². The molecule has 1 N–H and O–H groups in total. The van der Waals surface area contributed by atoms with Gasteiger partial charge in [0.1, 0.15) is 11.3 Å². The van der Waals surface area contributed by atoms with E-state index in [1.54, 1.807) is 32.2 Å². The summed E-state index contributed by atoms with van der Waals surface area (Å²) in [5, 5.41) is 3.68. The number of carbonyl (C=O) groups is 1. The lowest BCUT2D eigenvalue weighted by atomic mass is 10.1. The first-order valence-corrected chi connectivity index (χ1v) is 10.4. The van der Waals surface area contributed by atoms with Crippen LogP contribution in [0.25, 0.3) is 10.9 Å². The Bertz CT molecular complexity index is 1160. The Balaban J connectivity index is 1.77. The van der Waals surface area contributed by atoms with Gasteiger partial charge in [0.05, 0.1) is 23.3 Å². The highest BCUT2D eigenvalue weighted by Gasteiger charge is 2.17. The van der Waals surface area contributed by atoms with Crippen LogP contribution in [0.2, 0.25) is 0 Å². The zero-order chi connectivity index (χ0) is 21.2. The first-order chi connectivity index (χ1) is 13.7. The van der Waals surface area contributed by atoms with Crippen molar-refractivity contribution in [3.8, 4) is 5.75 Å². The molecule has 0 bridgehead atoms. The molecule has 0 aliphatic heterocycles. The number of para-hydroxylation sites is 1. The van der Waals surface area contributed by atoms with E-state index in [9.17, 15) is 13.2 Å². The first-order valence-electron chi connectivity index (χ1n) is 8.98. The molecule has 8 heteroatoms. The van der Waals surface area contributed by atoms with Gasteiger partial charge in [0.2, 0.25) is 10.0 Å². The summed E-state index contributed by atoms with van der Waals surface area (Å²) in [7, 11) is 1.08. The van der Waals surface area contributed by atoms with Crippen LogP contribution in [0, 0.1) is 6.92 Å². The Kier molecular flexibility index (Phi) is 5.86. The molecule has 0 saturated carbocycles. The Morgan fingerprint density at radius 1 is 1.14 bits per heavy atom. The third-order valence-corrected chi connectivity index (χ3v) is 6.45. The number of aromatic nitrogens is 1. The Morgan fingerprint density at radius 3 is 2.45 bits per heavy atom. The standard InChI is InChI=1S/C21H23N3O4S/c1-14-18(12-16-6-5-7-19(28-4)20(16)23-14)21(25)22-13-15-8-10-17(11-9-15)29(26,27)24(2)3/h5-12H,13H2,1-4H3,(H,22,25). The summed E-state index contributed by atoms with van der Waals surface area (Å²) in [5.74, 6) is 0.412. The van der Waals surface area contributed by atoms with E-state index in [0.717, 1.165) is 15.3 Å². The predicted octanol–water partition coefficient (Wildman–Crippen LogP) is 2.73. The van der Waals surface area contributed by atoms with Gasteiger partial charge in [0.15, 0.2) is 0 Å². The number of nitrogens with one attached hydrogen (secondary N) is 1. The van der Waals surface area contributed by atoms with Crippen LogP contribution in [0.15, 0.2) is 53.4 Å². The summed E-state index contributed by atoms with van der Waals surface area (Å²) in [4.78, 5) is 17.4. The number of amides is 1. The molecule has 0 aliphatic rings. The van der Waals surface area contributed by atoms with Crippen LogP contribution in [0.3, 0.4) is 0 Å². The summed E-state index contributed by atoms with van der Waals surface area (Å²) < 4.78 is 30.7. The van der Waals surface area contributed by atoms with Crippen LogP contribution in [-0.4, -0.2) is 44.8 Å². The number of fused-ring (bicyclic) bond motifs is 1. The number of benzene rings is 2. The Labute approximate surface area is 170 Å². The van der Waals surface area contributed by atoms with Gasteiger partial charge in [-0.3, -0.25) is 4.79 Å². The number of methoxy groups -OCH3 is 1. The fourth-order valence-corrected chi connectivity index (χ4v) is 3.83. The van der Waals surface area contributed by atoms with Crippen molar-refractivity contribution in [1.82, 2.24) is 14.6 Å². The molecule has 0 radical (unpaired) electrons. The SMILES string of the molecule is COc1cccc2cc(C(=O)NCc3ccc(S(=O)(=O)N(C)C)cc3)c(C)nc12. The smallest absolute Gasteiger partial charge is 0.253 e. The number of hydrogen-bond acceptors (Lipinski definition) is 5. The second-order valence-electron chi connectivity index (χ2n) is 6.77. The van der Waals surface area contributed by atoms with Gasteiger partial charge in [-0.2, -0.15) is 0 Å². The average molecular weight is 413 g/mol. The van der Waals surface area contributed by atoms with E-state index in [1.807, 2.05) is 18.2 Å². The number of sulfonamides is 1. The van der Waals surface area contributed by atoms with Crippen molar-refractivity contribution in [3.63, 3.8) is 0 Å². The highest BCUT2D eigenvalue weighted by molar-refractivity contribution is 7.89. The van der Waals surface area contributed by atoms with Crippen LogP contribution in [0.5, 0.6) is 5.75 Å². The molecule has 0 fully saturated rings. The van der Waals surface area contributed by atoms with Gasteiger partial charge >= 0.3 is 0 Å². The molecule has 0 spiro atoms. The van der Waals surface area contributed by atoms with Gasteiger partial charge < -0.3 is 10.1 Å². The van der Waals surface area contributed by atoms with Crippen LogP contribution >= 0.6 is 0 Å². The fourth-order valence-electron chi connectivity index (χ4n) is 2.93. The number of ether oxygens (including phenoxy) is 1. The Hall–Kier alpha value is -2.97. The number of pyridine rings is 1. The summed E-state index contributed by atoms with van der Waals surface area (Å²) in [6.07, 6.45) is 0. The van der Waals surface area contributed by atoms with Crippen molar-refractivity contribution in [3.05, 3.63) is 65.4 Å². The molecule has 0 atom stereocenters. The van der Waals surface area contributed by atoms with Crippen molar-refractivity contribution in [2.24, 2.45) is 0 Å². The third-order valence-electron chi connectivity index (χ3n) is 4.62.